The average molecular weight is 321 g/mol. The molecule has 0 atom stereocenters. The standard InChI is InChI=1S/C12H9BrN4O2/c1-2-9-14-11(18-16-9)12-15-10(17-19-12)7-4-3-5-8(13)6-7/h3-6H,2H2,1H3. The highest BCUT2D eigenvalue weighted by atomic mass is 79.9. The van der Waals surface area contributed by atoms with Crippen molar-refractivity contribution in [3.05, 3.63) is 34.6 Å². The average Bonchev–Trinajstić information content (AvgIpc) is 3.07. The van der Waals surface area contributed by atoms with Gasteiger partial charge in [0.2, 0.25) is 5.82 Å². The zero-order valence-corrected chi connectivity index (χ0v) is 11.6. The molecular formula is C12H9BrN4O2. The van der Waals surface area contributed by atoms with Crippen LogP contribution < -0.4 is 0 Å². The van der Waals surface area contributed by atoms with Crippen LogP contribution in [-0.2, 0) is 6.42 Å². The lowest BCUT2D eigenvalue weighted by molar-refractivity contribution is 0.380. The fourth-order valence-corrected chi connectivity index (χ4v) is 1.94. The first-order valence-electron chi connectivity index (χ1n) is 5.69. The highest BCUT2D eigenvalue weighted by Gasteiger charge is 2.16. The summed E-state index contributed by atoms with van der Waals surface area (Å²) in [5.41, 5.74) is 0.847. The Balaban J connectivity index is 1.95. The normalized spacial score (nSPS) is 10.8. The Bertz CT molecular complexity index is 707. The van der Waals surface area contributed by atoms with E-state index in [2.05, 4.69) is 36.2 Å². The summed E-state index contributed by atoms with van der Waals surface area (Å²) in [7, 11) is 0. The van der Waals surface area contributed by atoms with Crippen molar-refractivity contribution in [2.45, 2.75) is 13.3 Å². The van der Waals surface area contributed by atoms with Gasteiger partial charge >= 0.3 is 11.8 Å². The second-order valence-electron chi connectivity index (χ2n) is 3.80. The summed E-state index contributed by atoms with van der Waals surface area (Å²) in [4.78, 5) is 8.38. The van der Waals surface area contributed by atoms with Crippen LogP contribution in [0.5, 0.6) is 0 Å². The topological polar surface area (TPSA) is 77.8 Å². The third-order valence-corrected chi connectivity index (χ3v) is 2.97. The van der Waals surface area contributed by atoms with Crippen molar-refractivity contribution in [3.63, 3.8) is 0 Å². The quantitative estimate of drug-likeness (QED) is 0.737. The summed E-state index contributed by atoms with van der Waals surface area (Å²) >= 11 is 3.40. The molecule has 6 nitrogen and oxygen atoms in total. The molecule has 0 N–H and O–H groups in total. The fourth-order valence-electron chi connectivity index (χ4n) is 1.54. The molecule has 0 saturated carbocycles. The molecule has 7 heteroatoms. The van der Waals surface area contributed by atoms with E-state index in [9.17, 15) is 0 Å². The molecule has 0 aliphatic heterocycles. The van der Waals surface area contributed by atoms with Gasteiger partial charge in [-0.25, -0.2) is 0 Å². The van der Waals surface area contributed by atoms with E-state index in [1.165, 1.54) is 0 Å². The molecule has 0 aliphatic carbocycles. The zero-order chi connectivity index (χ0) is 13.2. The minimum absolute atomic E-state index is 0.224. The molecule has 2 heterocycles. The van der Waals surface area contributed by atoms with E-state index in [1.807, 2.05) is 31.2 Å². The minimum atomic E-state index is 0.224. The molecule has 3 aromatic rings. The van der Waals surface area contributed by atoms with E-state index in [1.54, 1.807) is 0 Å². The molecule has 0 unspecified atom stereocenters. The van der Waals surface area contributed by atoms with Gasteiger partial charge in [0, 0.05) is 16.5 Å². The van der Waals surface area contributed by atoms with Crippen molar-refractivity contribution >= 4 is 15.9 Å². The largest absolute Gasteiger partial charge is 0.329 e. The Morgan fingerprint density at radius 3 is 2.63 bits per heavy atom. The van der Waals surface area contributed by atoms with E-state index in [-0.39, 0.29) is 11.8 Å². The lowest BCUT2D eigenvalue weighted by atomic mass is 10.2. The first kappa shape index (κ1) is 12.0. The number of benzene rings is 1. The van der Waals surface area contributed by atoms with Crippen molar-refractivity contribution in [1.82, 2.24) is 20.3 Å². The molecule has 0 bridgehead atoms. The number of hydrogen-bond donors (Lipinski definition) is 0. The molecular weight excluding hydrogens is 312 g/mol. The molecule has 0 spiro atoms. The molecule has 0 aliphatic rings. The van der Waals surface area contributed by atoms with Crippen LogP contribution >= 0.6 is 15.9 Å². The smallest absolute Gasteiger partial charge is 0.316 e. The van der Waals surface area contributed by atoms with Gasteiger partial charge in [0.25, 0.3) is 0 Å². The zero-order valence-electron chi connectivity index (χ0n) is 10.00. The monoisotopic (exact) mass is 320 g/mol. The van der Waals surface area contributed by atoms with Gasteiger partial charge in [0.1, 0.15) is 0 Å². The Kier molecular flexibility index (Phi) is 3.12. The number of aryl methyl sites for hydroxylation is 1. The maximum Gasteiger partial charge on any atom is 0.316 e. The van der Waals surface area contributed by atoms with Crippen LogP contribution in [0.1, 0.15) is 12.7 Å². The van der Waals surface area contributed by atoms with Crippen molar-refractivity contribution in [3.8, 4) is 23.2 Å². The Morgan fingerprint density at radius 1 is 1.11 bits per heavy atom. The summed E-state index contributed by atoms with van der Waals surface area (Å²) < 4.78 is 11.1. The second kappa shape index (κ2) is 4.93. The fraction of sp³-hybridized carbons (Fsp3) is 0.167. The SMILES string of the molecule is CCc1noc(-c2nc(-c3cccc(Br)c3)no2)n1. The molecule has 2 aromatic heterocycles. The molecule has 96 valence electrons. The van der Waals surface area contributed by atoms with Gasteiger partial charge in [-0.15, -0.1) is 0 Å². The number of aromatic nitrogens is 4. The lowest BCUT2D eigenvalue weighted by Crippen LogP contribution is -1.83. The van der Waals surface area contributed by atoms with E-state index in [0.717, 1.165) is 10.0 Å². The molecule has 0 amide bonds. The van der Waals surface area contributed by atoms with E-state index < -0.39 is 0 Å². The van der Waals surface area contributed by atoms with Crippen LogP contribution in [0.15, 0.2) is 37.8 Å². The van der Waals surface area contributed by atoms with Crippen molar-refractivity contribution in [2.75, 3.05) is 0 Å². The second-order valence-corrected chi connectivity index (χ2v) is 4.72. The summed E-state index contributed by atoms with van der Waals surface area (Å²) in [6, 6.07) is 7.62. The van der Waals surface area contributed by atoms with Crippen LogP contribution in [0.3, 0.4) is 0 Å². The maximum atomic E-state index is 5.13. The van der Waals surface area contributed by atoms with Crippen molar-refractivity contribution < 1.29 is 9.05 Å². The molecule has 0 saturated heterocycles. The van der Waals surface area contributed by atoms with E-state index in [4.69, 9.17) is 9.05 Å². The van der Waals surface area contributed by atoms with Gasteiger partial charge in [-0.1, -0.05) is 45.3 Å². The van der Waals surface area contributed by atoms with E-state index in [0.29, 0.717) is 18.1 Å². The number of nitrogens with zero attached hydrogens (tertiary/aromatic N) is 4. The van der Waals surface area contributed by atoms with Crippen LogP contribution in [0.4, 0.5) is 0 Å². The van der Waals surface area contributed by atoms with Crippen LogP contribution in [0.2, 0.25) is 0 Å². The predicted molar refractivity (Wildman–Crippen MR) is 70.1 cm³/mol. The van der Waals surface area contributed by atoms with Gasteiger partial charge in [0.15, 0.2) is 5.82 Å². The van der Waals surface area contributed by atoms with Crippen LogP contribution in [0.25, 0.3) is 23.2 Å². The summed E-state index contributed by atoms with van der Waals surface area (Å²) in [6.07, 6.45) is 0.691. The van der Waals surface area contributed by atoms with Crippen molar-refractivity contribution in [2.24, 2.45) is 0 Å². The predicted octanol–water partition coefficient (Wildman–Crippen LogP) is 3.11. The molecule has 0 radical (unpaired) electrons. The Labute approximate surface area is 117 Å². The van der Waals surface area contributed by atoms with Gasteiger partial charge < -0.3 is 9.05 Å². The van der Waals surface area contributed by atoms with Gasteiger partial charge in [-0.05, 0) is 12.1 Å². The van der Waals surface area contributed by atoms with Crippen LogP contribution in [0, 0.1) is 0 Å². The third-order valence-electron chi connectivity index (χ3n) is 2.48. The number of hydrogen-bond acceptors (Lipinski definition) is 6. The first-order valence-corrected chi connectivity index (χ1v) is 6.48. The van der Waals surface area contributed by atoms with Gasteiger partial charge in [-0.2, -0.15) is 9.97 Å². The first-order chi connectivity index (χ1) is 9.26. The van der Waals surface area contributed by atoms with Crippen LogP contribution in [-0.4, -0.2) is 20.3 Å². The molecule has 1 aromatic carbocycles. The minimum Gasteiger partial charge on any atom is -0.329 e. The Morgan fingerprint density at radius 2 is 1.89 bits per heavy atom. The Hall–Kier alpha value is -2.02. The lowest BCUT2D eigenvalue weighted by Gasteiger charge is -1.93. The maximum absolute atomic E-state index is 5.13. The number of halogens is 1. The third kappa shape index (κ3) is 2.41. The highest BCUT2D eigenvalue weighted by molar-refractivity contribution is 9.10. The number of rotatable bonds is 3. The van der Waals surface area contributed by atoms with Gasteiger partial charge in [-0.3, -0.25) is 0 Å². The van der Waals surface area contributed by atoms with E-state index >= 15 is 0 Å². The molecule has 19 heavy (non-hydrogen) atoms. The molecule has 0 fully saturated rings. The summed E-state index contributed by atoms with van der Waals surface area (Å²) in [5, 5.41) is 7.69. The van der Waals surface area contributed by atoms with Gasteiger partial charge in [0.05, 0.1) is 0 Å². The summed E-state index contributed by atoms with van der Waals surface area (Å²) in [5.74, 6) is 1.55. The molecule has 3 rings (SSSR count). The summed E-state index contributed by atoms with van der Waals surface area (Å²) in [6.45, 7) is 1.94. The highest BCUT2D eigenvalue weighted by Crippen LogP contribution is 2.23. The van der Waals surface area contributed by atoms with Crippen molar-refractivity contribution in [1.29, 1.82) is 0 Å².